The fourth-order valence-corrected chi connectivity index (χ4v) is 15.0. The van der Waals surface area contributed by atoms with Crippen molar-refractivity contribution in [2.45, 2.75) is 97.1 Å². The molecule has 3 saturated heterocycles. The van der Waals surface area contributed by atoms with Crippen LogP contribution in [0.1, 0.15) is 105 Å². The van der Waals surface area contributed by atoms with Crippen molar-refractivity contribution in [3.8, 4) is 33.4 Å². The smallest absolute Gasteiger partial charge is 0.376 e. The van der Waals surface area contributed by atoms with Gasteiger partial charge in [-0.2, -0.15) is 20.4 Å². The summed E-state index contributed by atoms with van der Waals surface area (Å²) in [5.41, 5.74) is 15.8. The number of piperidine rings is 3. The van der Waals surface area contributed by atoms with Gasteiger partial charge in [-0.3, -0.25) is 43.1 Å². The van der Waals surface area contributed by atoms with Crippen LogP contribution in [0.25, 0.3) is 66.5 Å². The van der Waals surface area contributed by atoms with Crippen molar-refractivity contribution in [3.63, 3.8) is 0 Å². The first-order chi connectivity index (χ1) is 49.5. The van der Waals surface area contributed by atoms with Gasteiger partial charge in [0.2, 0.25) is 0 Å². The molecule has 0 spiro atoms. The second-order valence-electron chi connectivity index (χ2n) is 25.6. The Morgan fingerprint density at radius 1 is 0.553 bits per heavy atom. The van der Waals surface area contributed by atoms with E-state index in [-0.39, 0.29) is 44.5 Å². The average Bonchev–Trinajstić information content (AvgIpc) is 1.66. The molecule has 3 aromatic carbocycles. The molecule has 6 N–H and O–H groups in total. The molecule has 1 atom stereocenters. The molecular weight excluding hydrogens is 1440 g/mol. The molecule has 12 aromatic rings. The molecule has 32 heteroatoms. The molecule has 3 aliphatic rings. The molecule has 0 radical (unpaired) electrons. The summed E-state index contributed by atoms with van der Waals surface area (Å²) in [7, 11) is -0.790. The predicted molar refractivity (Wildman–Crippen MR) is 406 cm³/mol. The lowest BCUT2D eigenvalue weighted by Gasteiger charge is -2.32. The van der Waals surface area contributed by atoms with Gasteiger partial charge in [-0.05, 0) is 185 Å². The van der Waals surface area contributed by atoms with E-state index in [1.54, 1.807) is 35.5 Å². The molecule has 0 saturated carbocycles. The van der Waals surface area contributed by atoms with Gasteiger partial charge in [-0.15, -0.1) is 0 Å². The summed E-state index contributed by atoms with van der Waals surface area (Å²) in [6, 6.07) is 20.5. The molecule has 15 rings (SSSR count). The topological polar surface area (TPSA) is 233 Å². The monoisotopic (exact) mass is 1510 g/mol. The Hall–Kier alpha value is -8.24. The van der Waals surface area contributed by atoms with Crippen LogP contribution in [-0.4, -0.2) is 143 Å². The van der Waals surface area contributed by atoms with E-state index in [1.165, 1.54) is 37.3 Å². The minimum atomic E-state index is -0.633. The fraction of sp³-hybridized carbons (Fsp3) is 0.296. The van der Waals surface area contributed by atoms with Crippen LogP contribution in [0, 0.1) is 17.5 Å². The molecule has 12 heterocycles. The highest BCUT2D eigenvalue weighted by Gasteiger charge is 2.28. The van der Waals surface area contributed by atoms with Crippen LogP contribution in [0.4, 0.5) is 13.2 Å². The van der Waals surface area contributed by atoms with Crippen LogP contribution in [0.15, 0.2) is 152 Å². The summed E-state index contributed by atoms with van der Waals surface area (Å²) >= 11 is 36.1. The Morgan fingerprint density at radius 2 is 0.971 bits per heavy atom. The van der Waals surface area contributed by atoms with Gasteiger partial charge < -0.3 is 36.3 Å². The highest BCUT2D eigenvalue weighted by Crippen LogP contribution is 2.36. The molecule has 21 nitrogen and oxygen atoms in total. The summed E-state index contributed by atoms with van der Waals surface area (Å²) in [6.45, 7) is 14.0. The number of ketones is 1. The van der Waals surface area contributed by atoms with Crippen molar-refractivity contribution in [3.05, 3.63) is 211 Å². The lowest BCUT2D eigenvalue weighted by molar-refractivity contribution is 0.101. The van der Waals surface area contributed by atoms with Crippen molar-refractivity contribution >= 4 is 128 Å². The highest BCUT2D eigenvalue weighted by molar-refractivity contribution is 6.45. The largest absolute Gasteiger partial charge is 0.437 e. The lowest BCUT2D eigenvalue weighted by Crippen LogP contribution is -2.43. The molecule has 1 unspecified atom stereocenters. The number of halogens is 9. The molecular formula is C71H73B2Cl6F3N18O3. The van der Waals surface area contributed by atoms with E-state index in [9.17, 15) is 28.0 Å². The van der Waals surface area contributed by atoms with E-state index >= 15 is 0 Å². The third-order valence-corrected chi connectivity index (χ3v) is 20.9. The van der Waals surface area contributed by atoms with Crippen molar-refractivity contribution in [2.75, 3.05) is 50.5 Å². The molecule has 9 aromatic heterocycles. The molecule has 103 heavy (non-hydrogen) atoms. The highest BCUT2D eigenvalue weighted by atomic mass is 35.5. The van der Waals surface area contributed by atoms with Crippen molar-refractivity contribution in [2.24, 2.45) is 5.10 Å². The Balaban J connectivity index is 0.000000136. The lowest BCUT2D eigenvalue weighted by atomic mass is 9.82. The maximum Gasteiger partial charge on any atom is 0.376 e. The van der Waals surface area contributed by atoms with Crippen molar-refractivity contribution < 1.29 is 28.0 Å². The predicted octanol–water partition coefficient (Wildman–Crippen LogP) is 15.6. The molecule has 0 aliphatic carbocycles. The number of fused-ring (bicyclic) bond motifs is 3. The standard InChI is InChI=1S/C24H24BCl2FN6O.C23H23Cl2FN6.C16H21BN6O.C8H5Cl2FO/c1-15(23-19(26)3-4-20(28)24(23)27)31-33-10-7-21-22(33)11-16(12-29-21)17-13-30-34(14-17)18-5-8-32(9-6-18)25(2)35;1-14(22-18(24)2-3-19(26)23(22)25)30-31-9-6-20-21(31)10-15(11-28-20)16-12-29-32(13-16)17-4-7-27-8-5-17;1-17(24)21-5-2-14(3-6-21)23-11-13(10-20-23)12-8-16-15(19-9-12)4-7-22(16)18;1-4(12)7-5(9)2-3-6(11)8(7)10/h3-4,7,10-14,18,35H,5-6,8-9H2,1-2H3;2-3,6,9-14,17,27,30H,4-5,7-8H2,1H3;4,7-11,14,24H,2-3,5-6,18H2,1H3;2-3H,1H3/b31-15+;;;. The first-order valence-corrected chi connectivity index (χ1v) is 35.8. The second-order valence-corrected chi connectivity index (χ2v) is 28.0. The van der Waals surface area contributed by atoms with Crippen molar-refractivity contribution in [1.82, 2.24) is 73.3 Å². The van der Waals surface area contributed by atoms with E-state index in [1.807, 2.05) is 108 Å². The summed E-state index contributed by atoms with van der Waals surface area (Å²) in [5, 5.41) is 41.9. The van der Waals surface area contributed by atoms with E-state index in [0.29, 0.717) is 45.0 Å². The number of nitrogens with two attached hydrogens (primary N) is 1. The summed E-state index contributed by atoms with van der Waals surface area (Å²) < 4.78 is 52.0. The summed E-state index contributed by atoms with van der Waals surface area (Å²) in [5.74, 6) is 3.90. The van der Waals surface area contributed by atoms with E-state index in [4.69, 9.17) is 75.4 Å². The Bertz CT molecular complexity index is 5040. The molecule has 0 bridgehead atoms. The number of nitrogens with one attached hydrogen (secondary N) is 2. The first-order valence-electron chi connectivity index (χ1n) is 33.6. The number of carbonyl (C=O) groups excluding carboxylic acids is 1. The average molecular weight is 1520 g/mol. The fourth-order valence-electron chi connectivity index (χ4n) is 13.0. The third kappa shape index (κ3) is 17.0. The Morgan fingerprint density at radius 3 is 1.47 bits per heavy atom. The van der Waals surface area contributed by atoms with Gasteiger partial charge in [0.15, 0.2) is 5.78 Å². The van der Waals surface area contributed by atoms with Crippen LogP contribution in [0.5, 0.6) is 0 Å². The third-order valence-electron chi connectivity index (χ3n) is 18.8. The van der Waals surface area contributed by atoms with Crippen LogP contribution in [0.3, 0.4) is 0 Å². The number of aromatic nitrogens is 12. The SMILES string of the molecule is CB(O)N1CCC(n2cc(-c3cnc4ccn(/N=C(\C)c5c(Cl)ccc(F)c5Cl)c4c3)cn2)CC1.CB(O)N1CCC(n2cc(-c3cnc4ccn(N)c4c3)cn2)CC1.CC(=O)c1c(Cl)ccc(F)c1Cl.CC(Nn1ccc2ncc(-c3cnn(C4CCNCC4)c3)cc21)c1c(Cl)ccc(F)c1Cl. The first kappa shape index (κ1) is 74.5. The quantitative estimate of drug-likeness (QED) is 0.0224. The number of hydrogen-bond acceptors (Lipinski definition) is 15. The van der Waals surface area contributed by atoms with Gasteiger partial charge in [0.1, 0.15) is 17.5 Å². The van der Waals surface area contributed by atoms with Gasteiger partial charge in [-0.1, -0.05) is 69.6 Å². The number of pyridine rings is 3. The van der Waals surface area contributed by atoms with Gasteiger partial charge in [0.25, 0.3) is 0 Å². The van der Waals surface area contributed by atoms with E-state index in [2.05, 4.69) is 78.9 Å². The number of hydrogen-bond donors (Lipinski definition) is 5. The Kier molecular flexibility index (Phi) is 23.7. The minimum Gasteiger partial charge on any atom is -0.437 e. The summed E-state index contributed by atoms with van der Waals surface area (Å²) in [4.78, 5) is 28.7. The maximum absolute atomic E-state index is 14.0. The minimum absolute atomic E-state index is 0.0260. The molecule has 0 amide bonds. The number of nitrogens with zero attached hydrogens (tertiary/aromatic N) is 15. The zero-order valence-electron chi connectivity index (χ0n) is 56.8. The number of nitrogen functional groups attached to an aromatic ring is 1. The Labute approximate surface area is 623 Å². The number of Topliss-reactive ketones (excluding diaryl/α,β-unsaturated/α-hetero) is 1. The number of benzene rings is 3. The molecule has 534 valence electrons. The maximum atomic E-state index is 14.0. The van der Waals surface area contributed by atoms with Gasteiger partial charge in [0, 0.05) is 105 Å². The van der Waals surface area contributed by atoms with Crippen LogP contribution < -0.4 is 16.6 Å². The van der Waals surface area contributed by atoms with Crippen molar-refractivity contribution in [1.29, 1.82) is 0 Å². The number of rotatable bonds is 14. The van der Waals surface area contributed by atoms with Crippen LogP contribution in [-0.2, 0) is 0 Å². The normalized spacial score (nSPS) is 15.4. The molecule has 3 fully saturated rings. The van der Waals surface area contributed by atoms with E-state index in [0.717, 1.165) is 150 Å². The van der Waals surface area contributed by atoms with Crippen LogP contribution in [0.2, 0.25) is 43.8 Å². The second kappa shape index (κ2) is 32.8. The van der Waals surface area contributed by atoms with Gasteiger partial charge >= 0.3 is 14.1 Å². The summed E-state index contributed by atoms with van der Waals surface area (Å²) in [6.07, 6.45) is 28.9. The number of carbonyl (C=O) groups is 1. The zero-order chi connectivity index (χ0) is 72.9. The zero-order valence-corrected chi connectivity index (χ0v) is 61.3. The van der Waals surface area contributed by atoms with Crippen LogP contribution >= 0.6 is 69.6 Å². The molecule has 3 aliphatic heterocycles. The van der Waals surface area contributed by atoms with Gasteiger partial charge in [0.05, 0.1) is 112 Å². The van der Waals surface area contributed by atoms with E-state index < -0.39 is 24.5 Å². The van der Waals surface area contributed by atoms with Gasteiger partial charge in [-0.25, -0.2) is 17.8 Å².